The maximum atomic E-state index is 5.76. The average molecular weight is 253 g/mol. The SMILES string of the molecule is Nc1ncnc2c1ncn2-n1cnc2c1N=C=NC2. The number of anilines is 1. The Morgan fingerprint density at radius 3 is 2.95 bits per heavy atom. The van der Waals surface area contributed by atoms with Gasteiger partial charge < -0.3 is 5.73 Å². The molecule has 9 nitrogen and oxygen atoms in total. The lowest BCUT2D eigenvalue weighted by Gasteiger charge is -2.06. The second-order valence-corrected chi connectivity index (χ2v) is 3.91. The molecule has 3 aromatic heterocycles. The Morgan fingerprint density at radius 1 is 1.11 bits per heavy atom. The van der Waals surface area contributed by atoms with Gasteiger partial charge in [-0.05, 0) is 0 Å². The van der Waals surface area contributed by atoms with E-state index in [2.05, 4.69) is 35.9 Å². The van der Waals surface area contributed by atoms with E-state index in [9.17, 15) is 0 Å². The summed E-state index contributed by atoms with van der Waals surface area (Å²) >= 11 is 0. The summed E-state index contributed by atoms with van der Waals surface area (Å²) in [5.74, 6) is 0.995. The third-order valence-electron chi connectivity index (χ3n) is 2.83. The summed E-state index contributed by atoms with van der Waals surface area (Å²) in [6.45, 7) is 0.468. The van der Waals surface area contributed by atoms with E-state index in [4.69, 9.17) is 5.73 Å². The minimum atomic E-state index is 0.336. The van der Waals surface area contributed by atoms with Gasteiger partial charge in [0, 0.05) is 0 Å². The maximum Gasteiger partial charge on any atom is 0.188 e. The fourth-order valence-electron chi connectivity index (χ4n) is 1.95. The minimum Gasteiger partial charge on any atom is -0.382 e. The van der Waals surface area contributed by atoms with Crippen LogP contribution < -0.4 is 5.73 Å². The Morgan fingerprint density at radius 2 is 2.00 bits per heavy atom. The van der Waals surface area contributed by atoms with Crippen LogP contribution in [0.2, 0.25) is 0 Å². The second kappa shape index (κ2) is 3.47. The van der Waals surface area contributed by atoms with E-state index in [-0.39, 0.29) is 0 Å². The predicted octanol–water partition coefficient (Wildman–Crippen LogP) is 0.235. The molecule has 0 bridgehead atoms. The number of nitrogens with two attached hydrogens (primary N) is 1. The van der Waals surface area contributed by atoms with Crippen LogP contribution in [0.3, 0.4) is 0 Å². The van der Waals surface area contributed by atoms with E-state index in [0.29, 0.717) is 29.3 Å². The number of fused-ring (bicyclic) bond motifs is 2. The van der Waals surface area contributed by atoms with Crippen LogP contribution in [0.4, 0.5) is 11.6 Å². The molecule has 0 radical (unpaired) electrons. The van der Waals surface area contributed by atoms with Gasteiger partial charge in [0.25, 0.3) is 0 Å². The van der Waals surface area contributed by atoms with E-state index in [1.807, 2.05) is 0 Å². The molecule has 3 aromatic rings. The van der Waals surface area contributed by atoms with Crippen molar-refractivity contribution in [2.24, 2.45) is 9.98 Å². The van der Waals surface area contributed by atoms with Crippen LogP contribution >= 0.6 is 0 Å². The van der Waals surface area contributed by atoms with Gasteiger partial charge in [-0.15, -0.1) is 0 Å². The molecule has 1 aliphatic rings. The number of aromatic nitrogens is 6. The molecule has 0 aromatic carbocycles. The van der Waals surface area contributed by atoms with Crippen molar-refractivity contribution >= 4 is 28.8 Å². The van der Waals surface area contributed by atoms with Crippen molar-refractivity contribution in [2.75, 3.05) is 5.73 Å². The van der Waals surface area contributed by atoms with E-state index in [0.717, 1.165) is 5.69 Å². The summed E-state index contributed by atoms with van der Waals surface area (Å²) in [5.41, 5.74) is 7.67. The highest BCUT2D eigenvalue weighted by Gasteiger charge is 2.16. The molecule has 9 heteroatoms. The van der Waals surface area contributed by atoms with Crippen LogP contribution in [0.25, 0.3) is 11.2 Å². The average Bonchev–Trinajstić information content (AvgIpc) is 3.02. The molecule has 1 aliphatic heterocycles. The highest BCUT2D eigenvalue weighted by molar-refractivity contribution is 5.81. The van der Waals surface area contributed by atoms with Crippen molar-refractivity contribution in [3.05, 3.63) is 24.7 Å². The fraction of sp³-hybridized carbons (Fsp3) is 0.100. The van der Waals surface area contributed by atoms with Gasteiger partial charge in [0.05, 0.1) is 12.6 Å². The molecule has 4 rings (SSSR count). The lowest BCUT2D eigenvalue weighted by molar-refractivity contribution is 0.675. The molecular weight excluding hydrogens is 246 g/mol. The first-order valence-electron chi connectivity index (χ1n) is 5.47. The van der Waals surface area contributed by atoms with Crippen molar-refractivity contribution in [3.63, 3.8) is 0 Å². The number of rotatable bonds is 1. The van der Waals surface area contributed by atoms with Gasteiger partial charge in [0.2, 0.25) is 0 Å². The third-order valence-corrected chi connectivity index (χ3v) is 2.83. The number of nitrogens with zero attached hydrogens (tertiary/aromatic N) is 8. The Balaban J connectivity index is 2.02. The van der Waals surface area contributed by atoms with Crippen LogP contribution in [0, 0.1) is 0 Å². The van der Waals surface area contributed by atoms with Crippen LogP contribution in [0.15, 0.2) is 29.0 Å². The summed E-state index contributed by atoms with van der Waals surface area (Å²) in [4.78, 5) is 24.6. The van der Waals surface area contributed by atoms with Gasteiger partial charge in [-0.1, -0.05) is 0 Å². The molecule has 0 saturated heterocycles. The largest absolute Gasteiger partial charge is 0.382 e. The van der Waals surface area contributed by atoms with Gasteiger partial charge >= 0.3 is 0 Å². The predicted molar refractivity (Wildman–Crippen MR) is 66.0 cm³/mol. The van der Waals surface area contributed by atoms with Crippen LogP contribution in [-0.4, -0.2) is 35.3 Å². The van der Waals surface area contributed by atoms with Crippen LogP contribution in [0.5, 0.6) is 0 Å². The molecule has 0 spiro atoms. The van der Waals surface area contributed by atoms with E-state index in [1.54, 1.807) is 22.0 Å². The van der Waals surface area contributed by atoms with E-state index < -0.39 is 0 Å². The highest BCUT2D eigenvalue weighted by atomic mass is 15.5. The lowest BCUT2D eigenvalue weighted by Crippen LogP contribution is -2.07. The monoisotopic (exact) mass is 253 g/mol. The molecule has 0 unspecified atom stereocenters. The molecule has 0 aliphatic carbocycles. The second-order valence-electron chi connectivity index (χ2n) is 3.91. The first-order valence-corrected chi connectivity index (χ1v) is 5.47. The summed E-state index contributed by atoms with van der Waals surface area (Å²) in [5, 5.41) is 0. The Hall–Kier alpha value is -3.06. The van der Waals surface area contributed by atoms with Gasteiger partial charge in [-0.25, -0.2) is 34.3 Å². The summed E-state index contributed by atoms with van der Waals surface area (Å²) < 4.78 is 3.43. The lowest BCUT2D eigenvalue weighted by atomic mass is 10.4. The van der Waals surface area contributed by atoms with Gasteiger partial charge in [0.15, 0.2) is 22.8 Å². The molecular formula is C10H7N9. The maximum absolute atomic E-state index is 5.76. The first kappa shape index (κ1) is 9.92. The Labute approximate surface area is 106 Å². The topological polar surface area (TPSA) is 112 Å². The standard InChI is InChI=1S/C10H7N9/c11-8-7-10(15-3-13-8)19(5-17-7)18-4-16-6-1-12-2-14-9(6)18/h3-5H,1H2,(H2,11,13,15). The molecule has 2 N–H and O–H groups in total. The molecule has 0 fully saturated rings. The van der Waals surface area contributed by atoms with E-state index >= 15 is 0 Å². The van der Waals surface area contributed by atoms with Crippen molar-refractivity contribution in [1.82, 2.24) is 29.3 Å². The highest BCUT2D eigenvalue weighted by Crippen LogP contribution is 2.23. The van der Waals surface area contributed by atoms with Crippen molar-refractivity contribution in [3.8, 4) is 0 Å². The number of hydrogen-bond donors (Lipinski definition) is 1. The summed E-state index contributed by atoms with van der Waals surface area (Å²) in [7, 11) is 0. The summed E-state index contributed by atoms with van der Waals surface area (Å²) in [6.07, 6.45) is 4.62. The van der Waals surface area contributed by atoms with Crippen LogP contribution in [0.1, 0.15) is 5.69 Å². The molecule has 0 amide bonds. The first-order chi connectivity index (χ1) is 9.34. The van der Waals surface area contributed by atoms with Gasteiger partial charge in [-0.3, -0.25) is 0 Å². The third kappa shape index (κ3) is 1.30. The zero-order valence-corrected chi connectivity index (χ0v) is 9.59. The Kier molecular flexibility index (Phi) is 1.81. The molecule has 19 heavy (non-hydrogen) atoms. The zero-order valence-electron chi connectivity index (χ0n) is 9.59. The number of aliphatic imine (C=N–C) groups is 2. The van der Waals surface area contributed by atoms with Crippen molar-refractivity contribution in [2.45, 2.75) is 6.54 Å². The van der Waals surface area contributed by atoms with Gasteiger partial charge in [-0.2, -0.15) is 4.99 Å². The Bertz CT molecular complexity index is 849. The van der Waals surface area contributed by atoms with Crippen molar-refractivity contribution in [1.29, 1.82) is 0 Å². The number of imidazole rings is 2. The van der Waals surface area contributed by atoms with Gasteiger partial charge in [0.1, 0.15) is 24.7 Å². The zero-order chi connectivity index (χ0) is 12.8. The molecule has 92 valence electrons. The quantitative estimate of drug-likeness (QED) is 0.667. The minimum absolute atomic E-state index is 0.336. The van der Waals surface area contributed by atoms with E-state index in [1.165, 1.54) is 6.33 Å². The fourth-order valence-corrected chi connectivity index (χ4v) is 1.95. The normalized spacial score (nSPS) is 13.1. The number of hydrogen-bond acceptors (Lipinski definition) is 7. The molecule has 4 heterocycles. The van der Waals surface area contributed by atoms with Crippen LogP contribution in [-0.2, 0) is 6.54 Å². The van der Waals surface area contributed by atoms with Crippen molar-refractivity contribution < 1.29 is 0 Å². The molecule has 0 saturated carbocycles. The summed E-state index contributed by atoms with van der Waals surface area (Å²) in [6, 6.07) is 2.59. The molecule has 0 atom stereocenters. The number of nitrogen functional groups attached to an aromatic ring is 1. The smallest absolute Gasteiger partial charge is 0.188 e.